The molecule has 3 aromatic rings. The Bertz CT molecular complexity index is 1150. The maximum absolute atomic E-state index is 12.5. The molecule has 0 aliphatic heterocycles. The molecule has 0 aliphatic rings. The summed E-state index contributed by atoms with van der Waals surface area (Å²) < 4.78 is 11.1. The minimum Gasteiger partial charge on any atom is -0.508 e. The lowest BCUT2D eigenvalue weighted by Crippen LogP contribution is -2.08. The highest BCUT2D eigenvalue weighted by Crippen LogP contribution is 2.28. The van der Waals surface area contributed by atoms with Crippen molar-refractivity contribution in [2.45, 2.75) is 32.6 Å². The number of benzene rings is 3. The van der Waals surface area contributed by atoms with Crippen molar-refractivity contribution in [3.8, 4) is 34.5 Å². The first-order valence-corrected chi connectivity index (χ1v) is 11.6. The van der Waals surface area contributed by atoms with Crippen LogP contribution >= 0.6 is 0 Å². The Labute approximate surface area is 201 Å². The van der Waals surface area contributed by atoms with E-state index in [1.807, 2.05) is 61.5 Å². The molecule has 34 heavy (non-hydrogen) atoms. The van der Waals surface area contributed by atoms with Crippen LogP contribution in [-0.4, -0.2) is 24.3 Å². The molecule has 0 bridgehead atoms. The lowest BCUT2D eigenvalue weighted by molar-refractivity contribution is 0.0500. The van der Waals surface area contributed by atoms with E-state index in [0.717, 1.165) is 48.1 Å². The van der Waals surface area contributed by atoms with E-state index in [9.17, 15) is 9.90 Å². The molecule has 0 radical (unpaired) electrons. The maximum Gasteiger partial charge on any atom is 0.338 e. The van der Waals surface area contributed by atoms with Crippen LogP contribution in [0.2, 0.25) is 0 Å². The maximum atomic E-state index is 12.5. The van der Waals surface area contributed by atoms with E-state index in [2.05, 4.69) is 18.4 Å². The molecule has 3 aromatic carbocycles. The highest BCUT2D eigenvalue weighted by Gasteiger charge is 2.15. The van der Waals surface area contributed by atoms with E-state index in [1.165, 1.54) is 6.07 Å². The van der Waals surface area contributed by atoms with E-state index in [4.69, 9.17) is 9.47 Å². The van der Waals surface area contributed by atoms with E-state index in [-0.39, 0.29) is 5.75 Å². The molecule has 1 N–H and O–H groups in total. The molecule has 0 spiro atoms. The van der Waals surface area contributed by atoms with Crippen molar-refractivity contribution in [1.29, 1.82) is 0 Å². The van der Waals surface area contributed by atoms with Gasteiger partial charge in [-0.2, -0.15) is 0 Å². The lowest BCUT2D eigenvalue weighted by Gasteiger charge is -2.10. The molecular formula is C30H30O4. The molecule has 0 unspecified atom stereocenters. The number of esters is 1. The summed E-state index contributed by atoms with van der Waals surface area (Å²) >= 11 is 0. The van der Waals surface area contributed by atoms with Gasteiger partial charge in [0.1, 0.15) is 11.5 Å². The summed E-state index contributed by atoms with van der Waals surface area (Å²) in [7, 11) is 0. The van der Waals surface area contributed by atoms with Gasteiger partial charge < -0.3 is 14.6 Å². The number of phenols is 1. The van der Waals surface area contributed by atoms with Gasteiger partial charge in [0.2, 0.25) is 0 Å². The van der Waals surface area contributed by atoms with Crippen LogP contribution in [0.25, 0.3) is 11.1 Å². The Hall–Kier alpha value is -3.97. The fraction of sp³-hybridized carbons (Fsp3) is 0.233. The number of aromatic hydroxyl groups is 1. The van der Waals surface area contributed by atoms with Gasteiger partial charge in [0, 0.05) is 11.1 Å². The highest BCUT2D eigenvalue weighted by molar-refractivity contribution is 5.97. The average Bonchev–Trinajstić information content (AvgIpc) is 2.86. The smallest absolute Gasteiger partial charge is 0.338 e. The third-order valence-corrected chi connectivity index (χ3v) is 5.18. The zero-order valence-electron chi connectivity index (χ0n) is 19.5. The molecule has 0 fully saturated rings. The predicted molar refractivity (Wildman–Crippen MR) is 136 cm³/mol. The van der Waals surface area contributed by atoms with Gasteiger partial charge in [-0.1, -0.05) is 43.4 Å². The fourth-order valence-electron chi connectivity index (χ4n) is 3.27. The van der Waals surface area contributed by atoms with Gasteiger partial charge in [-0.3, -0.25) is 0 Å². The van der Waals surface area contributed by atoms with Crippen LogP contribution in [0.1, 0.15) is 54.1 Å². The molecule has 0 atom stereocenters. The van der Waals surface area contributed by atoms with Crippen molar-refractivity contribution in [3.63, 3.8) is 0 Å². The normalized spacial score (nSPS) is 10.1. The van der Waals surface area contributed by atoms with Crippen LogP contribution in [0, 0.1) is 11.8 Å². The van der Waals surface area contributed by atoms with Crippen LogP contribution in [0.4, 0.5) is 0 Å². The number of carbonyl (C=O) groups excluding carboxylic acids is 1. The standard InChI is InChI=1S/C30H30O4/c1-3-5-7-21-33-27-17-12-24(13-18-27)9-8-23-10-14-25(15-11-23)28-19-16-26(31)22-29(28)30(32)34-20-6-4-2/h3,10-19,22,31H,1,4-7,20-21H2,2H3. The van der Waals surface area contributed by atoms with Crippen molar-refractivity contribution in [3.05, 3.63) is 96.1 Å². The largest absolute Gasteiger partial charge is 0.508 e. The number of ether oxygens (including phenoxy) is 2. The number of phenolic OH excluding ortho intramolecular Hbond substituents is 1. The summed E-state index contributed by atoms with van der Waals surface area (Å²) in [5.74, 6) is 6.76. The Morgan fingerprint density at radius 3 is 2.26 bits per heavy atom. The summed E-state index contributed by atoms with van der Waals surface area (Å²) in [5.41, 5.74) is 3.67. The number of unbranched alkanes of at least 4 members (excludes halogenated alkanes) is 2. The molecule has 0 amide bonds. The fourth-order valence-corrected chi connectivity index (χ4v) is 3.27. The summed E-state index contributed by atoms with van der Waals surface area (Å²) in [6.07, 6.45) is 5.53. The first-order chi connectivity index (χ1) is 16.6. The van der Waals surface area contributed by atoms with Gasteiger partial charge in [0.15, 0.2) is 0 Å². The van der Waals surface area contributed by atoms with E-state index in [0.29, 0.717) is 24.3 Å². The molecule has 4 heteroatoms. The van der Waals surface area contributed by atoms with Gasteiger partial charge in [0.05, 0.1) is 18.8 Å². The second-order valence-electron chi connectivity index (χ2n) is 7.85. The Balaban J connectivity index is 1.69. The molecule has 4 nitrogen and oxygen atoms in total. The van der Waals surface area contributed by atoms with Crippen molar-refractivity contribution in [1.82, 2.24) is 0 Å². The minimum absolute atomic E-state index is 0.0295. The van der Waals surface area contributed by atoms with Crippen molar-refractivity contribution in [2.75, 3.05) is 13.2 Å². The van der Waals surface area contributed by atoms with Gasteiger partial charge >= 0.3 is 5.97 Å². The topological polar surface area (TPSA) is 55.8 Å². The molecule has 0 aliphatic carbocycles. The quantitative estimate of drug-likeness (QED) is 0.159. The summed E-state index contributed by atoms with van der Waals surface area (Å²) in [6, 6.07) is 20.1. The Morgan fingerprint density at radius 1 is 0.941 bits per heavy atom. The molecule has 3 rings (SSSR count). The van der Waals surface area contributed by atoms with E-state index in [1.54, 1.807) is 12.1 Å². The number of allylic oxidation sites excluding steroid dienone is 1. The van der Waals surface area contributed by atoms with E-state index < -0.39 is 5.97 Å². The first-order valence-electron chi connectivity index (χ1n) is 11.6. The molecule has 0 heterocycles. The van der Waals surface area contributed by atoms with Crippen LogP contribution < -0.4 is 4.74 Å². The third kappa shape index (κ3) is 7.28. The molecule has 0 saturated carbocycles. The number of rotatable bonds is 10. The van der Waals surface area contributed by atoms with Gasteiger partial charge in [-0.05, 0) is 85.0 Å². The zero-order valence-corrected chi connectivity index (χ0v) is 19.5. The molecule has 0 saturated heterocycles. The minimum atomic E-state index is -0.434. The highest BCUT2D eigenvalue weighted by atomic mass is 16.5. The Kier molecular flexibility index (Phi) is 9.37. The SMILES string of the molecule is C=CCCCOc1ccc(C#Cc2ccc(-c3ccc(O)cc3C(=O)OCCCC)cc2)cc1. The second kappa shape index (κ2) is 12.9. The van der Waals surface area contributed by atoms with Gasteiger partial charge in [-0.15, -0.1) is 6.58 Å². The van der Waals surface area contributed by atoms with Gasteiger partial charge in [-0.25, -0.2) is 4.79 Å². The monoisotopic (exact) mass is 454 g/mol. The number of hydrogen-bond acceptors (Lipinski definition) is 4. The van der Waals surface area contributed by atoms with Gasteiger partial charge in [0.25, 0.3) is 0 Å². The first kappa shape index (κ1) is 24.7. The second-order valence-corrected chi connectivity index (χ2v) is 7.85. The van der Waals surface area contributed by atoms with Crippen LogP contribution in [-0.2, 0) is 4.74 Å². The Morgan fingerprint density at radius 2 is 1.62 bits per heavy atom. The molecule has 174 valence electrons. The zero-order chi connectivity index (χ0) is 24.2. The van der Waals surface area contributed by atoms with Crippen molar-refractivity contribution >= 4 is 5.97 Å². The average molecular weight is 455 g/mol. The summed E-state index contributed by atoms with van der Waals surface area (Å²) in [4.78, 5) is 12.5. The van der Waals surface area contributed by atoms with E-state index >= 15 is 0 Å². The molecular weight excluding hydrogens is 424 g/mol. The lowest BCUT2D eigenvalue weighted by atomic mass is 9.98. The van der Waals surface area contributed by atoms with Crippen molar-refractivity contribution < 1.29 is 19.4 Å². The number of carbonyl (C=O) groups is 1. The van der Waals surface area contributed by atoms with Crippen molar-refractivity contribution in [2.24, 2.45) is 0 Å². The number of hydrogen-bond donors (Lipinski definition) is 1. The summed E-state index contributed by atoms with van der Waals surface area (Å²) in [6.45, 7) is 6.78. The van der Waals surface area contributed by atoms with Crippen LogP contribution in [0.15, 0.2) is 79.4 Å². The third-order valence-electron chi connectivity index (χ3n) is 5.18. The van der Waals surface area contributed by atoms with Crippen LogP contribution in [0.3, 0.4) is 0 Å². The predicted octanol–water partition coefficient (Wildman–Crippen LogP) is 6.76. The molecule has 0 aromatic heterocycles. The van der Waals surface area contributed by atoms with Crippen LogP contribution in [0.5, 0.6) is 11.5 Å². The summed E-state index contributed by atoms with van der Waals surface area (Å²) in [5, 5.41) is 9.87.